The molecule has 0 aromatic heterocycles. The number of anilines is 1. The van der Waals surface area contributed by atoms with Crippen LogP contribution in [0.4, 0.5) is 5.69 Å². The van der Waals surface area contributed by atoms with Gasteiger partial charge in [-0.1, -0.05) is 0 Å². The summed E-state index contributed by atoms with van der Waals surface area (Å²) < 4.78 is 5.28. The highest BCUT2D eigenvalue weighted by Crippen LogP contribution is 2.26. The first kappa shape index (κ1) is 11.4. The number of carbonyl (C=O) groups is 1. The summed E-state index contributed by atoms with van der Waals surface area (Å²) in [7, 11) is 0. The van der Waals surface area contributed by atoms with Crippen LogP contribution in [0.15, 0.2) is 18.2 Å². The highest BCUT2D eigenvalue weighted by molar-refractivity contribution is 5.78. The predicted molar refractivity (Wildman–Crippen MR) is 58.1 cm³/mol. The molecule has 0 aliphatic rings. The third kappa shape index (κ3) is 2.62. The number of nitrogen functional groups attached to an aromatic ring is 1. The zero-order valence-corrected chi connectivity index (χ0v) is 8.86. The molecule has 1 rings (SSSR count). The van der Waals surface area contributed by atoms with Gasteiger partial charge in [0.05, 0.1) is 12.5 Å². The minimum Gasteiger partial charge on any atom is -0.494 e. The lowest BCUT2D eigenvalue weighted by Crippen LogP contribution is -2.10. The maximum absolute atomic E-state index is 10.8. The lowest BCUT2D eigenvalue weighted by atomic mass is 9.99. The van der Waals surface area contributed by atoms with E-state index in [0.29, 0.717) is 23.6 Å². The van der Waals surface area contributed by atoms with Crippen molar-refractivity contribution in [1.82, 2.24) is 0 Å². The highest BCUT2D eigenvalue weighted by atomic mass is 16.5. The van der Waals surface area contributed by atoms with Crippen molar-refractivity contribution in [3.8, 4) is 5.75 Å². The van der Waals surface area contributed by atoms with Gasteiger partial charge in [-0.15, -0.1) is 0 Å². The van der Waals surface area contributed by atoms with E-state index in [2.05, 4.69) is 0 Å². The molecule has 0 aliphatic heterocycles. The Labute approximate surface area is 88.7 Å². The van der Waals surface area contributed by atoms with Gasteiger partial charge in [0.2, 0.25) is 0 Å². The molecule has 1 unspecified atom stereocenters. The molecule has 0 heterocycles. The second-order valence-electron chi connectivity index (χ2n) is 3.28. The number of ether oxygens (including phenoxy) is 1. The minimum atomic E-state index is -0.893. The molecule has 4 heteroatoms. The molecule has 82 valence electrons. The molecule has 1 atom stereocenters. The van der Waals surface area contributed by atoms with E-state index in [1.807, 2.05) is 6.92 Å². The maximum atomic E-state index is 10.8. The lowest BCUT2D eigenvalue weighted by Gasteiger charge is -2.12. The Morgan fingerprint density at radius 3 is 2.80 bits per heavy atom. The topological polar surface area (TPSA) is 72.5 Å². The van der Waals surface area contributed by atoms with Crippen LogP contribution in [0.1, 0.15) is 25.3 Å². The van der Waals surface area contributed by atoms with Crippen LogP contribution < -0.4 is 10.5 Å². The van der Waals surface area contributed by atoms with Crippen molar-refractivity contribution in [1.29, 1.82) is 0 Å². The second kappa shape index (κ2) is 4.68. The van der Waals surface area contributed by atoms with Crippen molar-refractivity contribution in [2.24, 2.45) is 0 Å². The van der Waals surface area contributed by atoms with Crippen molar-refractivity contribution in [3.63, 3.8) is 0 Å². The minimum absolute atomic E-state index is 0.480. The number of hydrogen-bond donors (Lipinski definition) is 2. The van der Waals surface area contributed by atoms with Crippen LogP contribution in [-0.4, -0.2) is 17.7 Å². The van der Waals surface area contributed by atoms with Crippen molar-refractivity contribution >= 4 is 11.7 Å². The summed E-state index contributed by atoms with van der Waals surface area (Å²) in [6, 6.07) is 5.08. The van der Waals surface area contributed by atoms with Crippen molar-refractivity contribution in [3.05, 3.63) is 23.8 Å². The van der Waals surface area contributed by atoms with Gasteiger partial charge in [0.1, 0.15) is 5.75 Å². The smallest absolute Gasteiger partial charge is 0.310 e. The predicted octanol–water partition coefficient (Wildman–Crippen LogP) is 1.86. The molecule has 3 N–H and O–H groups in total. The Kier molecular flexibility index (Phi) is 3.55. The second-order valence-corrected chi connectivity index (χ2v) is 3.28. The number of nitrogens with two attached hydrogens (primary N) is 1. The van der Waals surface area contributed by atoms with Gasteiger partial charge in [-0.25, -0.2) is 0 Å². The van der Waals surface area contributed by atoms with Crippen LogP contribution >= 0.6 is 0 Å². The maximum Gasteiger partial charge on any atom is 0.310 e. The Morgan fingerprint density at radius 1 is 1.60 bits per heavy atom. The third-order valence-corrected chi connectivity index (χ3v) is 2.21. The number of aliphatic carboxylic acids is 1. The van der Waals surface area contributed by atoms with Crippen molar-refractivity contribution < 1.29 is 14.6 Å². The van der Waals surface area contributed by atoms with Gasteiger partial charge < -0.3 is 15.6 Å². The SMILES string of the molecule is CCOc1ccc(N)c(C(C)C(=O)O)c1. The van der Waals surface area contributed by atoms with E-state index in [1.54, 1.807) is 25.1 Å². The Balaban J connectivity index is 3.04. The molecule has 0 aliphatic carbocycles. The fourth-order valence-electron chi connectivity index (χ4n) is 1.32. The molecule has 0 spiro atoms. The Morgan fingerprint density at radius 2 is 2.27 bits per heavy atom. The summed E-state index contributed by atoms with van der Waals surface area (Å²) in [4.78, 5) is 10.8. The monoisotopic (exact) mass is 209 g/mol. The van der Waals surface area contributed by atoms with Gasteiger partial charge in [0.25, 0.3) is 0 Å². The zero-order valence-electron chi connectivity index (χ0n) is 8.86. The van der Waals surface area contributed by atoms with Gasteiger partial charge in [0.15, 0.2) is 0 Å². The molecule has 1 aromatic carbocycles. The molecule has 0 radical (unpaired) electrons. The average Bonchev–Trinajstić information content (AvgIpc) is 2.20. The van der Waals surface area contributed by atoms with Gasteiger partial charge in [-0.3, -0.25) is 4.79 Å². The van der Waals surface area contributed by atoms with E-state index in [4.69, 9.17) is 15.6 Å². The number of hydrogen-bond acceptors (Lipinski definition) is 3. The summed E-state index contributed by atoms with van der Waals surface area (Å²) in [6.07, 6.45) is 0. The van der Waals surface area contributed by atoms with E-state index in [0.717, 1.165) is 0 Å². The van der Waals surface area contributed by atoms with Crippen LogP contribution in [0.5, 0.6) is 5.75 Å². The standard InChI is InChI=1S/C11H15NO3/c1-3-15-8-4-5-10(12)9(6-8)7(2)11(13)14/h4-7H,3,12H2,1-2H3,(H,13,14). The normalized spacial score (nSPS) is 12.1. The van der Waals surface area contributed by atoms with Gasteiger partial charge in [-0.05, 0) is 37.6 Å². The van der Waals surface area contributed by atoms with Gasteiger partial charge in [-0.2, -0.15) is 0 Å². The molecule has 1 aromatic rings. The first-order valence-electron chi connectivity index (χ1n) is 4.81. The molecule has 0 fully saturated rings. The quantitative estimate of drug-likeness (QED) is 0.742. The van der Waals surface area contributed by atoms with E-state index in [1.165, 1.54) is 0 Å². The summed E-state index contributed by atoms with van der Waals surface area (Å²) in [6.45, 7) is 4.02. The molecule has 0 bridgehead atoms. The number of carboxylic acid groups (broad SMARTS) is 1. The Hall–Kier alpha value is -1.71. The van der Waals surface area contributed by atoms with Crippen LogP contribution in [-0.2, 0) is 4.79 Å². The summed E-state index contributed by atoms with van der Waals surface area (Å²) in [5.74, 6) is -0.865. The van der Waals surface area contributed by atoms with Gasteiger partial charge >= 0.3 is 5.97 Å². The molecule has 4 nitrogen and oxygen atoms in total. The van der Waals surface area contributed by atoms with Crippen LogP contribution in [0, 0.1) is 0 Å². The van der Waals surface area contributed by atoms with Crippen LogP contribution in [0.2, 0.25) is 0 Å². The number of benzene rings is 1. The molecule has 0 saturated heterocycles. The van der Waals surface area contributed by atoms with E-state index < -0.39 is 11.9 Å². The average molecular weight is 209 g/mol. The molecule has 0 saturated carbocycles. The summed E-state index contributed by atoms with van der Waals surface area (Å²) in [5, 5.41) is 8.88. The van der Waals surface area contributed by atoms with Crippen molar-refractivity contribution in [2.75, 3.05) is 12.3 Å². The zero-order chi connectivity index (χ0) is 11.4. The van der Waals surface area contributed by atoms with Crippen LogP contribution in [0.25, 0.3) is 0 Å². The highest BCUT2D eigenvalue weighted by Gasteiger charge is 2.17. The van der Waals surface area contributed by atoms with E-state index in [9.17, 15) is 4.79 Å². The molecular formula is C11H15NO3. The number of rotatable bonds is 4. The third-order valence-electron chi connectivity index (χ3n) is 2.21. The first-order chi connectivity index (χ1) is 7.06. The fraction of sp³-hybridized carbons (Fsp3) is 0.364. The first-order valence-corrected chi connectivity index (χ1v) is 4.81. The summed E-state index contributed by atoms with van der Waals surface area (Å²) in [5.41, 5.74) is 6.78. The largest absolute Gasteiger partial charge is 0.494 e. The lowest BCUT2D eigenvalue weighted by molar-refractivity contribution is -0.138. The van der Waals surface area contributed by atoms with Crippen LogP contribution in [0.3, 0.4) is 0 Å². The molecular weight excluding hydrogens is 194 g/mol. The number of carboxylic acids is 1. The Bertz CT molecular complexity index is 363. The fourth-order valence-corrected chi connectivity index (χ4v) is 1.32. The van der Waals surface area contributed by atoms with Crippen molar-refractivity contribution in [2.45, 2.75) is 19.8 Å². The van der Waals surface area contributed by atoms with Gasteiger partial charge in [0, 0.05) is 5.69 Å². The molecule has 0 amide bonds. The molecule has 15 heavy (non-hydrogen) atoms. The summed E-state index contributed by atoms with van der Waals surface area (Å²) >= 11 is 0. The van der Waals surface area contributed by atoms with E-state index >= 15 is 0 Å². The van der Waals surface area contributed by atoms with E-state index in [-0.39, 0.29) is 0 Å².